The van der Waals surface area contributed by atoms with Crippen molar-refractivity contribution in [3.8, 4) is 0 Å². The lowest BCUT2D eigenvalue weighted by molar-refractivity contribution is -0.123. The smallest absolute Gasteiger partial charge is 0.237 e. The number of carbonyl (C=O) groups is 1. The van der Waals surface area contributed by atoms with Crippen molar-refractivity contribution in [2.24, 2.45) is 5.73 Å². The molecular formula is C13H22N2O2S. The van der Waals surface area contributed by atoms with Gasteiger partial charge in [0.2, 0.25) is 5.91 Å². The van der Waals surface area contributed by atoms with E-state index in [0.29, 0.717) is 6.42 Å². The predicted octanol–water partition coefficient (Wildman–Crippen LogP) is 2.31. The van der Waals surface area contributed by atoms with Crippen LogP contribution in [0, 0.1) is 6.92 Å². The Bertz CT molecular complexity index is 392. The van der Waals surface area contributed by atoms with Gasteiger partial charge in [-0.15, -0.1) is 11.8 Å². The first-order chi connectivity index (χ1) is 8.49. The molecule has 1 atom stereocenters. The fourth-order valence-electron chi connectivity index (χ4n) is 1.59. The topological polar surface area (TPSA) is 68.3 Å². The summed E-state index contributed by atoms with van der Waals surface area (Å²) in [6.45, 7) is 6.67. The van der Waals surface area contributed by atoms with E-state index < -0.39 is 5.54 Å². The molecule has 1 heterocycles. The third-order valence-electron chi connectivity index (χ3n) is 2.98. The van der Waals surface area contributed by atoms with Crippen molar-refractivity contribution < 1.29 is 9.21 Å². The van der Waals surface area contributed by atoms with Crippen molar-refractivity contribution in [3.05, 3.63) is 18.1 Å². The molecule has 0 saturated heterocycles. The Morgan fingerprint density at radius 3 is 2.83 bits per heavy atom. The molecule has 18 heavy (non-hydrogen) atoms. The molecule has 0 radical (unpaired) electrons. The maximum Gasteiger partial charge on any atom is 0.237 e. The van der Waals surface area contributed by atoms with E-state index in [1.807, 2.05) is 19.9 Å². The highest BCUT2D eigenvalue weighted by Crippen LogP contribution is 2.25. The summed E-state index contributed by atoms with van der Waals surface area (Å²) in [7, 11) is 0. The minimum Gasteiger partial charge on any atom is -0.468 e. The van der Waals surface area contributed by atoms with Crippen LogP contribution >= 0.6 is 11.8 Å². The van der Waals surface area contributed by atoms with Crippen LogP contribution in [0.2, 0.25) is 0 Å². The lowest BCUT2D eigenvalue weighted by atomic mass is 9.98. The largest absolute Gasteiger partial charge is 0.468 e. The van der Waals surface area contributed by atoms with Crippen molar-refractivity contribution >= 4 is 17.7 Å². The van der Waals surface area contributed by atoms with E-state index in [1.165, 1.54) is 0 Å². The molecule has 0 aliphatic carbocycles. The van der Waals surface area contributed by atoms with Crippen molar-refractivity contribution in [1.82, 2.24) is 5.32 Å². The molecule has 1 amide bonds. The van der Waals surface area contributed by atoms with Crippen molar-refractivity contribution in [2.75, 3.05) is 12.3 Å². The number of nitrogens with two attached hydrogens (primary N) is 1. The number of amides is 1. The van der Waals surface area contributed by atoms with Crippen molar-refractivity contribution in [1.29, 1.82) is 0 Å². The van der Waals surface area contributed by atoms with Gasteiger partial charge in [0.25, 0.3) is 0 Å². The van der Waals surface area contributed by atoms with Gasteiger partial charge >= 0.3 is 0 Å². The molecule has 102 valence electrons. The lowest BCUT2D eigenvalue weighted by Gasteiger charge is -2.27. The number of hydrogen-bond acceptors (Lipinski definition) is 4. The molecule has 1 unspecified atom stereocenters. The van der Waals surface area contributed by atoms with Gasteiger partial charge in [-0.05, 0) is 39.3 Å². The highest BCUT2D eigenvalue weighted by Gasteiger charge is 2.29. The van der Waals surface area contributed by atoms with Gasteiger partial charge in [-0.3, -0.25) is 4.79 Å². The van der Waals surface area contributed by atoms with Crippen LogP contribution in [0.25, 0.3) is 0 Å². The SMILES string of the molecule is CCCNC(C)(CCSc1ccoc1C)C(N)=O. The van der Waals surface area contributed by atoms with E-state index in [1.54, 1.807) is 18.0 Å². The number of nitrogens with one attached hydrogen (secondary N) is 1. The van der Waals surface area contributed by atoms with Gasteiger partial charge in [0.15, 0.2) is 0 Å². The molecule has 0 saturated carbocycles. The van der Waals surface area contributed by atoms with Gasteiger partial charge in [-0.1, -0.05) is 6.92 Å². The van der Waals surface area contributed by atoms with E-state index in [4.69, 9.17) is 10.2 Å². The summed E-state index contributed by atoms with van der Waals surface area (Å²) in [5.41, 5.74) is 4.85. The van der Waals surface area contributed by atoms with Gasteiger partial charge in [0.1, 0.15) is 5.76 Å². The second kappa shape index (κ2) is 6.85. The standard InChI is InChI=1S/C13H22N2O2S/c1-4-7-15-13(3,12(14)16)6-9-18-11-5-8-17-10(11)2/h5,8,15H,4,6-7,9H2,1-3H3,(H2,14,16). The molecule has 3 N–H and O–H groups in total. The Morgan fingerprint density at radius 2 is 2.33 bits per heavy atom. The molecule has 0 fully saturated rings. The average Bonchev–Trinajstić information content (AvgIpc) is 2.72. The Kier molecular flexibility index (Phi) is 5.75. The Balaban J connectivity index is 2.47. The molecule has 0 aliphatic rings. The number of hydrogen-bond donors (Lipinski definition) is 2. The first kappa shape index (κ1) is 15.1. The molecule has 5 heteroatoms. The quantitative estimate of drug-likeness (QED) is 0.711. The minimum atomic E-state index is -0.624. The molecule has 0 bridgehead atoms. The normalized spacial score (nSPS) is 14.4. The average molecular weight is 270 g/mol. The molecule has 0 aliphatic heterocycles. The highest BCUT2D eigenvalue weighted by atomic mass is 32.2. The maximum atomic E-state index is 11.5. The van der Waals surface area contributed by atoms with Crippen LogP contribution in [0.5, 0.6) is 0 Å². The van der Waals surface area contributed by atoms with Crippen molar-refractivity contribution in [2.45, 2.75) is 44.0 Å². The second-order valence-corrected chi connectivity index (χ2v) is 5.70. The molecule has 4 nitrogen and oxygen atoms in total. The fourth-order valence-corrected chi connectivity index (χ4v) is 2.72. The summed E-state index contributed by atoms with van der Waals surface area (Å²) in [5.74, 6) is 1.46. The lowest BCUT2D eigenvalue weighted by Crippen LogP contribution is -2.53. The second-order valence-electron chi connectivity index (χ2n) is 4.56. The number of thioether (sulfide) groups is 1. The Labute approximate surface area is 113 Å². The zero-order valence-corrected chi connectivity index (χ0v) is 12.1. The van der Waals surface area contributed by atoms with E-state index in [9.17, 15) is 4.79 Å². The number of rotatable bonds is 8. The van der Waals surface area contributed by atoms with Crippen LogP contribution < -0.4 is 11.1 Å². The van der Waals surface area contributed by atoms with Crippen LogP contribution in [0.3, 0.4) is 0 Å². The van der Waals surface area contributed by atoms with E-state index in [-0.39, 0.29) is 5.91 Å². The number of furan rings is 1. The monoisotopic (exact) mass is 270 g/mol. The van der Waals surface area contributed by atoms with Gasteiger partial charge < -0.3 is 15.5 Å². The summed E-state index contributed by atoms with van der Waals surface area (Å²) in [5, 5.41) is 3.23. The van der Waals surface area contributed by atoms with E-state index in [2.05, 4.69) is 12.2 Å². The summed E-state index contributed by atoms with van der Waals surface area (Å²) in [6, 6.07) is 1.95. The van der Waals surface area contributed by atoms with Crippen LogP contribution in [-0.4, -0.2) is 23.7 Å². The number of carbonyl (C=O) groups excluding carboxylic acids is 1. The zero-order valence-electron chi connectivity index (χ0n) is 11.3. The third-order valence-corrected chi connectivity index (χ3v) is 4.12. The van der Waals surface area contributed by atoms with Crippen LogP contribution in [0.1, 0.15) is 32.4 Å². The molecule has 1 aromatic rings. The van der Waals surface area contributed by atoms with Gasteiger partial charge in [-0.25, -0.2) is 0 Å². The minimum absolute atomic E-state index is 0.291. The predicted molar refractivity (Wildman–Crippen MR) is 74.7 cm³/mol. The number of primary amides is 1. The highest BCUT2D eigenvalue weighted by molar-refractivity contribution is 7.99. The summed E-state index contributed by atoms with van der Waals surface area (Å²) in [6.07, 6.45) is 3.37. The first-order valence-corrected chi connectivity index (χ1v) is 7.20. The Morgan fingerprint density at radius 1 is 1.61 bits per heavy atom. The number of aryl methyl sites for hydroxylation is 1. The van der Waals surface area contributed by atoms with E-state index >= 15 is 0 Å². The van der Waals surface area contributed by atoms with Gasteiger partial charge in [0.05, 0.1) is 11.8 Å². The van der Waals surface area contributed by atoms with Crippen molar-refractivity contribution in [3.63, 3.8) is 0 Å². The third kappa shape index (κ3) is 4.07. The van der Waals surface area contributed by atoms with Gasteiger partial charge in [0, 0.05) is 10.6 Å². The molecule has 0 aromatic carbocycles. The van der Waals surface area contributed by atoms with Crippen LogP contribution in [0.15, 0.2) is 21.6 Å². The molecular weight excluding hydrogens is 248 g/mol. The van der Waals surface area contributed by atoms with E-state index in [0.717, 1.165) is 29.4 Å². The summed E-state index contributed by atoms with van der Waals surface area (Å²) in [4.78, 5) is 12.6. The summed E-state index contributed by atoms with van der Waals surface area (Å²) < 4.78 is 5.23. The molecule has 0 spiro atoms. The van der Waals surface area contributed by atoms with Crippen LogP contribution in [0.4, 0.5) is 0 Å². The zero-order chi connectivity index (χ0) is 13.6. The Hall–Kier alpha value is -0.940. The van der Waals surface area contributed by atoms with Crippen LogP contribution in [-0.2, 0) is 4.79 Å². The fraction of sp³-hybridized carbons (Fsp3) is 0.615. The maximum absolute atomic E-state index is 11.5. The summed E-state index contributed by atoms with van der Waals surface area (Å²) >= 11 is 1.69. The first-order valence-electron chi connectivity index (χ1n) is 6.21. The van der Waals surface area contributed by atoms with Gasteiger partial charge in [-0.2, -0.15) is 0 Å². The molecule has 1 aromatic heterocycles. The molecule has 1 rings (SSSR count).